The fourth-order valence-electron chi connectivity index (χ4n) is 4.75. The Hall–Kier alpha value is -1.59. The van der Waals surface area contributed by atoms with Crippen LogP contribution in [-0.4, -0.2) is 47.3 Å². The van der Waals surface area contributed by atoms with Gasteiger partial charge in [-0.1, -0.05) is 29.8 Å². The Morgan fingerprint density at radius 3 is 2.58 bits per heavy atom. The number of amides is 2. The van der Waals surface area contributed by atoms with Crippen LogP contribution in [0.5, 0.6) is 0 Å². The van der Waals surface area contributed by atoms with Gasteiger partial charge in [-0.3, -0.25) is 9.59 Å². The summed E-state index contributed by atoms with van der Waals surface area (Å²) in [6, 6.07) is 8.47. The SMILES string of the molecule is Cc1ccc(CN2CC(C(=O)N3CC4CCC(N)C4C3)CC2=O)cc1.Cl. The summed E-state index contributed by atoms with van der Waals surface area (Å²) in [6.45, 7) is 4.81. The lowest BCUT2D eigenvalue weighted by Gasteiger charge is -2.22. The fraction of sp³-hybridized carbons (Fsp3) is 0.600. The summed E-state index contributed by atoms with van der Waals surface area (Å²) in [4.78, 5) is 29.0. The second-order valence-electron chi connectivity index (χ2n) is 8.07. The minimum Gasteiger partial charge on any atom is -0.342 e. The normalized spacial score (nSPS) is 30.5. The Morgan fingerprint density at radius 2 is 1.88 bits per heavy atom. The lowest BCUT2D eigenvalue weighted by molar-refractivity contribution is -0.135. The van der Waals surface area contributed by atoms with Gasteiger partial charge in [0.25, 0.3) is 0 Å². The topological polar surface area (TPSA) is 66.6 Å². The van der Waals surface area contributed by atoms with Crippen LogP contribution in [0.2, 0.25) is 0 Å². The van der Waals surface area contributed by atoms with Gasteiger partial charge in [-0.2, -0.15) is 0 Å². The third kappa shape index (κ3) is 3.60. The standard InChI is InChI=1S/C20H27N3O2.ClH/c1-13-2-4-14(5-3-13)9-22-11-16(8-19(22)24)20(25)23-10-15-6-7-18(21)17(15)12-23;/h2-5,15-18H,6-12,21H2,1H3;1H. The van der Waals surface area contributed by atoms with Crippen LogP contribution in [0, 0.1) is 24.7 Å². The molecule has 0 radical (unpaired) electrons. The number of halogens is 1. The van der Waals surface area contributed by atoms with Crippen LogP contribution in [-0.2, 0) is 16.1 Å². The molecule has 5 nitrogen and oxygen atoms in total. The maximum absolute atomic E-state index is 12.9. The molecule has 0 spiro atoms. The quantitative estimate of drug-likeness (QED) is 0.875. The van der Waals surface area contributed by atoms with Gasteiger partial charge in [0.05, 0.1) is 5.92 Å². The number of benzene rings is 1. The highest BCUT2D eigenvalue weighted by atomic mass is 35.5. The Labute approximate surface area is 161 Å². The molecule has 2 aliphatic heterocycles. The lowest BCUT2D eigenvalue weighted by atomic mass is 9.98. The first-order valence-electron chi connectivity index (χ1n) is 9.39. The molecule has 2 heterocycles. The smallest absolute Gasteiger partial charge is 0.228 e. The van der Waals surface area contributed by atoms with Gasteiger partial charge >= 0.3 is 0 Å². The van der Waals surface area contributed by atoms with E-state index in [2.05, 4.69) is 31.2 Å². The number of nitrogens with two attached hydrogens (primary N) is 1. The van der Waals surface area contributed by atoms with E-state index in [1.165, 1.54) is 5.56 Å². The van der Waals surface area contributed by atoms with Crippen molar-refractivity contribution in [2.24, 2.45) is 23.5 Å². The van der Waals surface area contributed by atoms with E-state index in [-0.39, 0.29) is 36.2 Å². The number of rotatable bonds is 3. The Bertz CT molecular complexity index is 678. The maximum Gasteiger partial charge on any atom is 0.228 e. The van der Waals surface area contributed by atoms with Crippen molar-refractivity contribution in [1.29, 1.82) is 0 Å². The van der Waals surface area contributed by atoms with Crippen molar-refractivity contribution >= 4 is 24.2 Å². The van der Waals surface area contributed by atoms with Crippen molar-refractivity contribution in [2.75, 3.05) is 19.6 Å². The molecule has 4 atom stereocenters. The first kappa shape index (κ1) is 19.2. The number of aryl methyl sites for hydroxylation is 1. The van der Waals surface area contributed by atoms with Crippen molar-refractivity contribution in [3.8, 4) is 0 Å². The van der Waals surface area contributed by atoms with Crippen molar-refractivity contribution in [3.05, 3.63) is 35.4 Å². The molecular formula is C20H28ClN3O2. The van der Waals surface area contributed by atoms with Gasteiger partial charge in [0.2, 0.25) is 11.8 Å². The summed E-state index contributed by atoms with van der Waals surface area (Å²) in [5.74, 6) is 1.09. The number of fused-ring (bicyclic) bond motifs is 1. The van der Waals surface area contributed by atoms with Gasteiger partial charge in [0.15, 0.2) is 0 Å². The van der Waals surface area contributed by atoms with E-state index in [0.717, 1.165) is 31.5 Å². The highest BCUT2D eigenvalue weighted by molar-refractivity contribution is 5.89. The van der Waals surface area contributed by atoms with E-state index in [1.807, 2.05) is 9.80 Å². The third-order valence-corrected chi connectivity index (χ3v) is 6.28. The van der Waals surface area contributed by atoms with E-state index in [1.54, 1.807) is 0 Å². The van der Waals surface area contributed by atoms with Crippen LogP contribution < -0.4 is 5.73 Å². The minimum atomic E-state index is -0.187. The predicted octanol–water partition coefficient (Wildman–Crippen LogP) is 1.96. The van der Waals surface area contributed by atoms with Crippen LogP contribution >= 0.6 is 12.4 Å². The molecule has 3 aliphatic rings. The molecule has 4 rings (SSSR count). The zero-order chi connectivity index (χ0) is 17.6. The van der Waals surface area contributed by atoms with Crippen LogP contribution in [0.3, 0.4) is 0 Å². The number of nitrogens with zero attached hydrogens (tertiary/aromatic N) is 2. The zero-order valence-electron chi connectivity index (χ0n) is 15.3. The molecule has 1 aromatic carbocycles. The highest BCUT2D eigenvalue weighted by Crippen LogP contribution is 2.38. The minimum absolute atomic E-state index is 0. The van der Waals surface area contributed by atoms with Crippen molar-refractivity contribution in [3.63, 3.8) is 0 Å². The van der Waals surface area contributed by atoms with Crippen molar-refractivity contribution in [1.82, 2.24) is 9.80 Å². The van der Waals surface area contributed by atoms with Crippen LogP contribution in [0.25, 0.3) is 0 Å². The van der Waals surface area contributed by atoms with Crippen LogP contribution in [0.1, 0.15) is 30.4 Å². The summed E-state index contributed by atoms with van der Waals surface area (Å²) in [5.41, 5.74) is 8.51. The van der Waals surface area contributed by atoms with Gasteiger partial charge in [-0.05, 0) is 37.2 Å². The molecule has 2 N–H and O–H groups in total. The van der Waals surface area contributed by atoms with Gasteiger partial charge < -0.3 is 15.5 Å². The highest BCUT2D eigenvalue weighted by Gasteiger charge is 2.45. The Balaban J connectivity index is 0.00000196. The molecule has 2 amide bonds. The summed E-state index contributed by atoms with van der Waals surface area (Å²) >= 11 is 0. The number of carbonyl (C=O) groups excluding carboxylic acids is 2. The van der Waals surface area contributed by atoms with Crippen molar-refractivity contribution in [2.45, 2.75) is 38.8 Å². The second-order valence-corrected chi connectivity index (χ2v) is 8.07. The molecule has 1 aromatic rings. The van der Waals surface area contributed by atoms with Gasteiger partial charge in [-0.25, -0.2) is 0 Å². The fourth-order valence-corrected chi connectivity index (χ4v) is 4.75. The van der Waals surface area contributed by atoms with E-state index in [4.69, 9.17) is 5.73 Å². The molecule has 6 heteroatoms. The summed E-state index contributed by atoms with van der Waals surface area (Å²) in [7, 11) is 0. The van der Waals surface area contributed by atoms with Gasteiger partial charge in [0, 0.05) is 38.6 Å². The van der Waals surface area contributed by atoms with E-state index in [9.17, 15) is 9.59 Å². The first-order valence-corrected chi connectivity index (χ1v) is 9.39. The average Bonchev–Trinajstić information content (AvgIpc) is 3.26. The molecule has 142 valence electrons. The largest absolute Gasteiger partial charge is 0.342 e. The second kappa shape index (κ2) is 7.57. The third-order valence-electron chi connectivity index (χ3n) is 6.28. The number of hydrogen-bond donors (Lipinski definition) is 1. The first-order chi connectivity index (χ1) is 12.0. The lowest BCUT2D eigenvalue weighted by Crippen LogP contribution is -2.38. The van der Waals surface area contributed by atoms with E-state index in [0.29, 0.717) is 31.3 Å². The summed E-state index contributed by atoms with van der Waals surface area (Å²) in [5, 5.41) is 0. The molecule has 0 aromatic heterocycles. The van der Waals surface area contributed by atoms with E-state index >= 15 is 0 Å². The molecule has 26 heavy (non-hydrogen) atoms. The van der Waals surface area contributed by atoms with Gasteiger partial charge in [0.1, 0.15) is 0 Å². The summed E-state index contributed by atoms with van der Waals surface area (Å²) in [6.07, 6.45) is 2.57. The van der Waals surface area contributed by atoms with E-state index < -0.39 is 0 Å². The molecule has 1 saturated carbocycles. The molecule has 2 saturated heterocycles. The Kier molecular flexibility index (Phi) is 5.58. The van der Waals surface area contributed by atoms with Crippen LogP contribution in [0.15, 0.2) is 24.3 Å². The van der Waals surface area contributed by atoms with Crippen molar-refractivity contribution < 1.29 is 9.59 Å². The molecule has 1 aliphatic carbocycles. The predicted molar refractivity (Wildman–Crippen MR) is 103 cm³/mol. The number of hydrogen-bond acceptors (Lipinski definition) is 3. The molecule has 0 bridgehead atoms. The maximum atomic E-state index is 12.9. The average molecular weight is 378 g/mol. The zero-order valence-corrected chi connectivity index (χ0v) is 16.1. The number of likely N-dealkylation sites (tertiary alicyclic amines) is 2. The monoisotopic (exact) mass is 377 g/mol. The number of carbonyl (C=O) groups is 2. The molecular weight excluding hydrogens is 350 g/mol. The van der Waals surface area contributed by atoms with Gasteiger partial charge in [-0.15, -0.1) is 12.4 Å². The summed E-state index contributed by atoms with van der Waals surface area (Å²) < 4.78 is 0. The molecule has 4 unspecified atom stereocenters. The van der Waals surface area contributed by atoms with Crippen LogP contribution in [0.4, 0.5) is 0 Å². The Morgan fingerprint density at radius 1 is 1.15 bits per heavy atom. The molecule has 3 fully saturated rings.